The van der Waals surface area contributed by atoms with Gasteiger partial charge in [-0.2, -0.15) is 0 Å². The number of nitrogens with two attached hydrogens (primary N) is 2. The number of imidazole rings is 1. The molecule has 2 heterocycles. The van der Waals surface area contributed by atoms with Crippen LogP contribution in [-0.2, 0) is 24.4 Å². The number of anilines is 2. The first kappa shape index (κ1) is 19.4. The average Bonchev–Trinajstić information content (AvgIpc) is 2.95. The maximum absolute atomic E-state index is 12.5. The molecule has 28 heavy (non-hydrogen) atoms. The molecule has 0 aliphatic carbocycles. The van der Waals surface area contributed by atoms with Crippen molar-refractivity contribution in [3.8, 4) is 0 Å². The molecule has 6 N–H and O–H groups in total. The number of para-hydroxylation sites is 2. The fraction of sp³-hybridized carbons (Fsp3) is 0.235. The van der Waals surface area contributed by atoms with Gasteiger partial charge in [0.05, 0.1) is 6.54 Å². The van der Waals surface area contributed by atoms with E-state index < -0.39 is 11.9 Å². The third kappa shape index (κ3) is 3.54. The summed E-state index contributed by atoms with van der Waals surface area (Å²) < 4.78 is 3.58. The van der Waals surface area contributed by atoms with Crippen LogP contribution in [0, 0.1) is 0 Å². The standard InChI is InChI=1S/C17H18ClN7O3/c1-2-24-9-5-3-4-6-10(9)25(8-12(26)27)11(24)7-21-17(28)13-15(19)23-16(20)14(18)22-13/h3-6H,2,7-8H2,1H3,(H5-,19,20,21,23,26,27,28)/p+1. The molecule has 0 bridgehead atoms. The summed E-state index contributed by atoms with van der Waals surface area (Å²) in [6, 6.07) is 7.43. The Morgan fingerprint density at radius 1 is 1.25 bits per heavy atom. The number of aryl methyl sites for hydroxylation is 1. The third-order valence-corrected chi connectivity index (χ3v) is 4.50. The molecule has 0 aliphatic heterocycles. The maximum Gasteiger partial charge on any atom is 0.346 e. The Bertz CT molecular complexity index is 1080. The quantitative estimate of drug-likeness (QED) is 0.438. The van der Waals surface area contributed by atoms with Gasteiger partial charge in [-0.15, -0.1) is 0 Å². The number of carboxylic acid groups (broad SMARTS) is 1. The van der Waals surface area contributed by atoms with E-state index in [2.05, 4.69) is 15.3 Å². The Morgan fingerprint density at radius 3 is 2.64 bits per heavy atom. The molecule has 0 unspecified atom stereocenters. The summed E-state index contributed by atoms with van der Waals surface area (Å²) >= 11 is 5.82. The van der Waals surface area contributed by atoms with Crippen LogP contribution in [0.2, 0.25) is 5.15 Å². The number of nitrogens with one attached hydrogen (secondary N) is 1. The van der Waals surface area contributed by atoms with E-state index in [0.29, 0.717) is 12.4 Å². The number of carbonyl (C=O) groups is 2. The van der Waals surface area contributed by atoms with E-state index in [1.165, 1.54) is 0 Å². The molecule has 0 spiro atoms. The number of rotatable bonds is 6. The number of carboxylic acids is 1. The zero-order valence-electron chi connectivity index (χ0n) is 15.0. The van der Waals surface area contributed by atoms with Crippen molar-refractivity contribution >= 4 is 46.1 Å². The maximum atomic E-state index is 12.5. The molecule has 3 rings (SSSR count). The molecule has 0 saturated carbocycles. The molecule has 0 fully saturated rings. The van der Waals surface area contributed by atoms with Gasteiger partial charge in [-0.1, -0.05) is 23.7 Å². The van der Waals surface area contributed by atoms with Crippen molar-refractivity contribution in [1.82, 2.24) is 19.9 Å². The highest BCUT2D eigenvalue weighted by Crippen LogP contribution is 2.18. The van der Waals surface area contributed by atoms with Crippen LogP contribution in [0.1, 0.15) is 23.2 Å². The van der Waals surface area contributed by atoms with Gasteiger partial charge in [-0.05, 0) is 19.1 Å². The number of aromatic nitrogens is 4. The van der Waals surface area contributed by atoms with Crippen molar-refractivity contribution in [1.29, 1.82) is 0 Å². The average molecular weight is 405 g/mol. The molecule has 146 valence electrons. The highest BCUT2D eigenvalue weighted by Gasteiger charge is 2.26. The smallest absolute Gasteiger partial charge is 0.346 e. The van der Waals surface area contributed by atoms with Crippen LogP contribution < -0.4 is 21.4 Å². The van der Waals surface area contributed by atoms with Gasteiger partial charge in [-0.3, -0.25) is 4.79 Å². The van der Waals surface area contributed by atoms with Crippen LogP contribution in [0.5, 0.6) is 0 Å². The number of nitrogen functional groups attached to an aromatic ring is 2. The fourth-order valence-corrected chi connectivity index (χ4v) is 3.18. The summed E-state index contributed by atoms with van der Waals surface area (Å²) in [6.07, 6.45) is 0. The summed E-state index contributed by atoms with van der Waals surface area (Å²) in [5.41, 5.74) is 12.7. The molecular weight excluding hydrogens is 386 g/mol. The zero-order chi connectivity index (χ0) is 20.4. The lowest BCUT2D eigenvalue weighted by Gasteiger charge is -2.08. The zero-order valence-corrected chi connectivity index (χ0v) is 15.8. The molecule has 2 aromatic heterocycles. The third-order valence-electron chi connectivity index (χ3n) is 4.22. The first-order valence-electron chi connectivity index (χ1n) is 8.41. The Balaban J connectivity index is 1.97. The van der Waals surface area contributed by atoms with Gasteiger partial charge in [0.2, 0.25) is 0 Å². The second kappa shape index (κ2) is 7.69. The Labute approximate surface area is 164 Å². The van der Waals surface area contributed by atoms with Crippen molar-refractivity contribution < 1.29 is 19.3 Å². The van der Waals surface area contributed by atoms with Gasteiger partial charge in [0.25, 0.3) is 11.7 Å². The topological polar surface area (TPSA) is 153 Å². The number of halogens is 1. The van der Waals surface area contributed by atoms with Gasteiger partial charge >= 0.3 is 5.97 Å². The van der Waals surface area contributed by atoms with E-state index in [-0.39, 0.29) is 35.6 Å². The monoisotopic (exact) mass is 404 g/mol. The number of carbonyl (C=O) groups excluding carboxylic acids is 1. The highest BCUT2D eigenvalue weighted by molar-refractivity contribution is 6.31. The lowest BCUT2D eigenvalue weighted by atomic mass is 10.3. The summed E-state index contributed by atoms with van der Waals surface area (Å²) in [6.45, 7) is 2.34. The van der Waals surface area contributed by atoms with Gasteiger partial charge in [0, 0.05) is 0 Å². The lowest BCUT2D eigenvalue weighted by Crippen LogP contribution is -2.44. The molecular formula is C17H19ClN7O3+. The van der Waals surface area contributed by atoms with Gasteiger partial charge < -0.3 is 21.9 Å². The van der Waals surface area contributed by atoms with Crippen LogP contribution >= 0.6 is 11.6 Å². The minimum Gasteiger partial charge on any atom is -0.478 e. The Morgan fingerprint density at radius 2 is 1.96 bits per heavy atom. The summed E-state index contributed by atoms with van der Waals surface area (Å²) in [5, 5.41) is 11.9. The molecule has 3 aromatic rings. The number of hydrogen-bond donors (Lipinski definition) is 4. The molecule has 0 atom stereocenters. The van der Waals surface area contributed by atoms with E-state index in [1.807, 2.05) is 35.8 Å². The molecule has 0 radical (unpaired) electrons. The second-order valence-electron chi connectivity index (χ2n) is 5.95. The van der Waals surface area contributed by atoms with Crippen molar-refractivity contribution in [2.45, 2.75) is 26.6 Å². The SMILES string of the molecule is CCn1c(CNC(=O)c2nc(Cl)c(N)nc2N)[n+](CC(=O)O)c2ccccc21. The van der Waals surface area contributed by atoms with Crippen LogP contribution in [0.4, 0.5) is 11.6 Å². The molecule has 0 saturated heterocycles. The van der Waals surface area contributed by atoms with Crippen LogP contribution in [0.25, 0.3) is 11.0 Å². The molecule has 10 nitrogen and oxygen atoms in total. The van der Waals surface area contributed by atoms with E-state index >= 15 is 0 Å². The largest absolute Gasteiger partial charge is 0.478 e. The van der Waals surface area contributed by atoms with E-state index in [9.17, 15) is 14.7 Å². The molecule has 1 aromatic carbocycles. The highest BCUT2D eigenvalue weighted by atomic mass is 35.5. The summed E-state index contributed by atoms with van der Waals surface area (Å²) in [7, 11) is 0. The van der Waals surface area contributed by atoms with Crippen LogP contribution in [-0.4, -0.2) is 31.5 Å². The lowest BCUT2D eigenvalue weighted by molar-refractivity contribution is -0.668. The summed E-state index contributed by atoms with van der Waals surface area (Å²) in [4.78, 5) is 31.5. The van der Waals surface area contributed by atoms with E-state index in [4.69, 9.17) is 23.1 Å². The van der Waals surface area contributed by atoms with Gasteiger partial charge in [-0.25, -0.2) is 23.9 Å². The van der Waals surface area contributed by atoms with Crippen molar-refractivity contribution in [2.75, 3.05) is 11.5 Å². The number of amides is 1. The van der Waals surface area contributed by atoms with Crippen LogP contribution in [0.3, 0.4) is 0 Å². The number of benzene rings is 1. The Hall–Kier alpha value is -3.40. The fourth-order valence-electron chi connectivity index (χ4n) is 3.05. The number of aliphatic carboxylic acids is 1. The van der Waals surface area contributed by atoms with Gasteiger partial charge in [0.1, 0.15) is 6.54 Å². The molecule has 1 amide bonds. The van der Waals surface area contributed by atoms with Crippen molar-refractivity contribution in [2.24, 2.45) is 0 Å². The number of fused-ring (bicyclic) bond motifs is 1. The number of hydrogen-bond acceptors (Lipinski definition) is 6. The first-order chi connectivity index (χ1) is 13.3. The van der Waals surface area contributed by atoms with Crippen LogP contribution in [0.15, 0.2) is 24.3 Å². The van der Waals surface area contributed by atoms with Gasteiger partial charge in [0.15, 0.2) is 40.1 Å². The normalized spacial score (nSPS) is 10.9. The predicted octanol–water partition coefficient (Wildman–Crippen LogP) is 0.571. The molecule has 11 heteroatoms. The predicted molar refractivity (Wildman–Crippen MR) is 102 cm³/mol. The minimum atomic E-state index is -0.989. The van der Waals surface area contributed by atoms with Crippen molar-refractivity contribution in [3.63, 3.8) is 0 Å². The number of nitrogens with zero attached hydrogens (tertiary/aromatic N) is 4. The Kier molecular flexibility index (Phi) is 5.32. The molecule has 0 aliphatic rings. The van der Waals surface area contributed by atoms with Crippen molar-refractivity contribution in [3.05, 3.63) is 40.9 Å². The van der Waals surface area contributed by atoms with E-state index in [1.54, 1.807) is 4.57 Å². The summed E-state index contributed by atoms with van der Waals surface area (Å²) in [5.74, 6) is -1.18. The van der Waals surface area contributed by atoms with E-state index in [0.717, 1.165) is 11.0 Å². The first-order valence-corrected chi connectivity index (χ1v) is 8.79. The second-order valence-corrected chi connectivity index (χ2v) is 6.30. The minimum absolute atomic E-state index is 0.0533.